The summed E-state index contributed by atoms with van der Waals surface area (Å²) in [5.74, 6) is -1.51. The van der Waals surface area contributed by atoms with Crippen molar-refractivity contribution in [1.82, 2.24) is 21.1 Å². The molecule has 0 bridgehead atoms. The Bertz CT molecular complexity index is 1040. The quantitative estimate of drug-likeness (QED) is 0.575. The molecule has 3 N–H and O–H groups in total. The maximum Gasteiger partial charge on any atom is 0.239 e. The molecule has 2 aliphatic heterocycles. The van der Waals surface area contributed by atoms with Crippen molar-refractivity contribution in [3.63, 3.8) is 0 Å². The number of hydrogen-bond donors (Lipinski definition) is 3. The summed E-state index contributed by atoms with van der Waals surface area (Å²) < 4.78 is 41.5. The molecule has 0 aromatic heterocycles. The Morgan fingerprint density at radius 3 is 2.37 bits per heavy atom. The van der Waals surface area contributed by atoms with E-state index in [0.29, 0.717) is 5.56 Å². The Labute approximate surface area is 204 Å². The lowest BCUT2D eigenvalue weighted by Gasteiger charge is -2.33. The molecule has 3 aliphatic rings. The Kier molecular flexibility index (Phi) is 7.41. The first-order valence-corrected chi connectivity index (χ1v) is 12.7. The number of hydrogen-bond acceptors (Lipinski definition) is 4. The van der Waals surface area contributed by atoms with Gasteiger partial charge in [0.25, 0.3) is 0 Å². The van der Waals surface area contributed by atoms with Gasteiger partial charge in [-0.05, 0) is 92.1 Å². The van der Waals surface area contributed by atoms with Crippen molar-refractivity contribution in [3.05, 3.63) is 70.5 Å². The normalized spacial score (nSPS) is 26.9. The molecule has 2 aromatic rings. The number of benzene rings is 2. The number of carbonyl (C=O) groups is 1. The molecule has 4 unspecified atom stereocenters. The molecular weight excluding hydrogens is 453 g/mol. The van der Waals surface area contributed by atoms with Crippen LogP contribution in [0.4, 0.5) is 13.2 Å². The minimum atomic E-state index is -0.667. The van der Waals surface area contributed by atoms with Crippen LogP contribution in [0.3, 0.4) is 0 Å². The topological polar surface area (TPSA) is 56.4 Å². The van der Waals surface area contributed by atoms with Gasteiger partial charge in [0.2, 0.25) is 5.91 Å². The predicted octanol–water partition coefficient (Wildman–Crippen LogP) is 4.13. The summed E-state index contributed by atoms with van der Waals surface area (Å²) >= 11 is 0. The van der Waals surface area contributed by atoms with Gasteiger partial charge in [0.1, 0.15) is 23.5 Å². The van der Waals surface area contributed by atoms with Gasteiger partial charge in [-0.3, -0.25) is 15.1 Å². The molecule has 5 rings (SSSR count). The van der Waals surface area contributed by atoms with Crippen LogP contribution in [0.5, 0.6) is 0 Å². The molecule has 1 amide bonds. The van der Waals surface area contributed by atoms with E-state index in [0.717, 1.165) is 56.1 Å². The van der Waals surface area contributed by atoms with Gasteiger partial charge in [-0.2, -0.15) is 0 Å². The second-order valence-corrected chi connectivity index (χ2v) is 10.3. The zero-order valence-corrected chi connectivity index (χ0v) is 19.8. The summed E-state index contributed by atoms with van der Waals surface area (Å²) in [5, 5.41) is 2.81. The number of nitrogens with zero attached hydrogens (tertiary/aromatic N) is 1. The van der Waals surface area contributed by atoms with Gasteiger partial charge in [0.05, 0.1) is 0 Å². The Hall–Kier alpha value is -2.42. The molecule has 188 valence electrons. The number of likely N-dealkylation sites (tertiary alicyclic amines) is 1. The molecule has 1 saturated carbocycles. The largest absolute Gasteiger partial charge is 0.351 e. The van der Waals surface area contributed by atoms with Crippen molar-refractivity contribution in [2.45, 2.75) is 69.6 Å². The molecule has 1 aliphatic carbocycles. The summed E-state index contributed by atoms with van der Waals surface area (Å²) in [6, 6.07) is 8.39. The van der Waals surface area contributed by atoms with Crippen LogP contribution >= 0.6 is 0 Å². The fourth-order valence-corrected chi connectivity index (χ4v) is 6.01. The van der Waals surface area contributed by atoms with Crippen LogP contribution in [0.1, 0.15) is 61.1 Å². The highest BCUT2D eigenvalue weighted by molar-refractivity contribution is 5.82. The third-order valence-electron chi connectivity index (χ3n) is 7.73. The van der Waals surface area contributed by atoms with E-state index in [-0.39, 0.29) is 36.1 Å². The monoisotopic (exact) mass is 486 g/mol. The second-order valence-electron chi connectivity index (χ2n) is 10.3. The fraction of sp³-hybridized carbons (Fsp3) is 0.519. The summed E-state index contributed by atoms with van der Waals surface area (Å²) in [7, 11) is 0. The summed E-state index contributed by atoms with van der Waals surface area (Å²) in [5.41, 5.74) is 8.76. The Balaban J connectivity index is 1.24. The van der Waals surface area contributed by atoms with Gasteiger partial charge in [0.15, 0.2) is 0 Å². The number of hydrazine groups is 1. The van der Waals surface area contributed by atoms with E-state index in [1.54, 1.807) is 12.1 Å². The number of rotatable bonds is 6. The van der Waals surface area contributed by atoms with Crippen LogP contribution in [0.15, 0.2) is 36.4 Å². The highest BCUT2D eigenvalue weighted by Gasteiger charge is 2.43. The van der Waals surface area contributed by atoms with Gasteiger partial charge in [-0.15, -0.1) is 0 Å². The number of amides is 1. The Morgan fingerprint density at radius 1 is 0.886 bits per heavy atom. The lowest BCUT2D eigenvalue weighted by molar-refractivity contribution is -0.124. The lowest BCUT2D eigenvalue weighted by Crippen LogP contribution is -2.45. The van der Waals surface area contributed by atoms with Crippen LogP contribution in [0, 0.1) is 23.4 Å². The van der Waals surface area contributed by atoms with Crippen LogP contribution in [0.2, 0.25) is 0 Å². The van der Waals surface area contributed by atoms with Crippen LogP contribution < -0.4 is 16.2 Å². The van der Waals surface area contributed by atoms with Crippen molar-refractivity contribution >= 4 is 5.91 Å². The standard InChI is InChI=1S/C27H33F3N4O/c28-21-11-18(16-34-6-2-1-3-7-34)8-20(12-21)19-4-5-25-24(13-19)26(33-32-25)27(35)31-15-17-9-22(29)14-23(30)10-17/h8-12,14,19,24-26,32-33H,1-7,13,15-16H2,(H,31,35). The number of nitrogens with one attached hydrogen (secondary N) is 3. The van der Waals surface area contributed by atoms with E-state index in [2.05, 4.69) is 27.1 Å². The van der Waals surface area contributed by atoms with E-state index < -0.39 is 17.7 Å². The zero-order chi connectivity index (χ0) is 24.4. The number of halogens is 3. The first kappa shape index (κ1) is 24.3. The summed E-state index contributed by atoms with van der Waals surface area (Å²) in [6.45, 7) is 2.96. The molecule has 35 heavy (non-hydrogen) atoms. The third kappa shape index (κ3) is 5.88. The SMILES string of the molecule is O=C(NCc1cc(F)cc(F)c1)C1NNC2CCC(c3cc(F)cc(CN4CCCCC4)c3)CC21. The van der Waals surface area contributed by atoms with Gasteiger partial charge >= 0.3 is 0 Å². The molecule has 0 radical (unpaired) electrons. The first-order chi connectivity index (χ1) is 16.9. The van der Waals surface area contributed by atoms with Gasteiger partial charge in [-0.25, -0.2) is 18.6 Å². The average Bonchev–Trinajstić information content (AvgIpc) is 3.26. The molecule has 8 heteroatoms. The summed E-state index contributed by atoms with van der Waals surface area (Å²) in [6.07, 6.45) is 6.25. The second kappa shape index (κ2) is 10.7. The van der Waals surface area contributed by atoms with Crippen LogP contribution in [0.25, 0.3) is 0 Å². The Morgan fingerprint density at radius 2 is 1.60 bits per heavy atom. The third-order valence-corrected chi connectivity index (χ3v) is 7.73. The first-order valence-electron chi connectivity index (χ1n) is 12.7. The highest BCUT2D eigenvalue weighted by Crippen LogP contribution is 2.40. The van der Waals surface area contributed by atoms with Crippen molar-refractivity contribution in [2.75, 3.05) is 13.1 Å². The van der Waals surface area contributed by atoms with E-state index in [1.165, 1.54) is 31.4 Å². The minimum absolute atomic E-state index is 0.0480. The van der Waals surface area contributed by atoms with E-state index in [4.69, 9.17) is 0 Å². The van der Waals surface area contributed by atoms with Gasteiger partial charge in [0, 0.05) is 31.1 Å². The van der Waals surface area contributed by atoms with Crippen molar-refractivity contribution in [2.24, 2.45) is 5.92 Å². The van der Waals surface area contributed by atoms with Crippen molar-refractivity contribution < 1.29 is 18.0 Å². The molecule has 2 saturated heterocycles. The molecule has 2 aromatic carbocycles. The van der Waals surface area contributed by atoms with Crippen molar-refractivity contribution in [3.8, 4) is 0 Å². The van der Waals surface area contributed by atoms with E-state index in [9.17, 15) is 18.0 Å². The summed E-state index contributed by atoms with van der Waals surface area (Å²) in [4.78, 5) is 15.3. The zero-order valence-electron chi connectivity index (χ0n) is 19.8. The predicted molar refractivity (Wildman–Crippen MR) is 128 cm³/mol. The minimum Gasteiger partial charge on any atom is -0.351 e. The highest BCUT2D eigenvalue weighted by atomic mass is 19.1. The number of carbonyl (C=O) groups excluding carboxylic acids is 1. The average molecular weight is 487 g/mol. The maximum atomic E-state index is 14.6. The molecule has 0 spiro atoms. The lowest BCUT2D eigenvalue weighted by atomic mass is 9.73. The van der Waals surface area contributed by atoms with Crippen LogP contribution in [-0.2, 0) is 17.9 Å². The van der Waals surface area contributed by atoms with Crippen LogP contribution in [-0.4, -0.2) is 36.0 Å². The smallest absolute Gasteiger partial charge is 0.239 e. The number of fused-ring (bicyclic) bond motifs is 1. The van der Waals surface area contributed by atoms with Gasteiger partial charge in [-0.1, -0.05) is 12.5 Å². The maximum absolute atomic E-state index is 14.6. The van der Waals surface area contributed by atoms with Gasteiger partial charge < -0.3 is 5.32 Å². The van der Waals surface area contributed by atoms with Crippen molar-refractivity contribution in [1.29, 1.82) is 0 Å². The number of piperidine rings is 1. The molecule has 4 atom stereocenters. The molecular formula is C27H33F3N4O. The van der Waals surface area contributed by atoms with E-state index in [1.807, 2.05) is 0 Å². The molecule has 2 heterocycles. The van der Waals surface area contributed by atoms with E-state index >= 15 is 0 Å². The molecule has 3 fully saturated rings. The fourth-order valence-electron chi connectivity index (χ4n) is 6.01. The molecule has 5 nitrogen and oxygen atoms in total.